The van der Waals surface area contributed by atoms with Crippen LogP contribution < -0.4 is 5.32 Å². The van der Waals surface area contributed by atoms with E-state index < -0.39 is 0 Å². The molecule has 1 aliphatic carbocycles. The van der Waals surface area contributed by atoms with E-state index >= 15 is 0 Å². The van der Waals surface area contributed by atoms with Crippen LogP contribution >= 0.6 is 0 Å². The molecule has 3 rings (SSSR count). The van der Waals surface area contributed by atoms with E-state index in [1.54, 1.807) is 0 Å². The summed E-state index contributed by atoms with van der Waals surface area (Å²) >= 11 is 0. The highest BCUT2D eigenvalue weighted by Gasteiger charge is 2.13. The molecule has 96 valence electrons. The predicted molar refractivity (Wildman–Crippen MR) is 74.9 cm³/mol. The van der Waals surface area contributed by atoms with Gasteiger partial charge in [0, 0.05) is 18.9 Å². The Hall–Kier alpha value is -1.51. The summed E-state index contributed by atoms with van der Waals surface area (Å²) in [6.07, 6.45) is 12.3. The normalized spacial score (nSPS) is 16.4. The molecule has 1 saturated carbocycles. The van der Waals surface area contributed by atoms with Crippen LogP contribution in [0.3, 0.4) is 0 Å². The number of hydrogen-bond acceptors (Lipinski definition) is 2. The summed E-state index contributed by atoms with van der Waals surface area (Å²) in [6.45, 7) is 1.06. The third kappa shape index (κ3) is 2.50. The van der Waals surface area contributed by atoms with Crippen molar-refractivity contribution in [3.05, 3.63) is 30.6 Å². The second-order valence-corrected chi connectivity index (χ2v) is 5.29. The van der Waals surface area contributed by atoms with Crippen molar-refractivity contribution in [2.75, 3.05) is 11.9 Å². The zero-order valence-electron chi connectivity index (χ0n) is 10.8. The van der Waals surface area contributed by atoms with Gasteiger partial charge in [-0.15, -0.1) is 0 Å². The molecular formula is C15H21N3. The largest absolute Gasteiger partial charge is 0.371 e. The summed E-state index contributed by atoms with van der Waals surface area (Å²) in [5, 5.41) is 3.52. The van der Waals surface area contributed by atoms with Crippen LogP contribution in [0.2, 0.25) is 0 Å². The average molecular weight is 243 g/mol. The average Bonchev–Trinajstić information content (AvgIpc) is 3.05. The minimum absolute atomic E-state index is 0.996. The molecule has 2 aromatic heterocycles. The van der Waals surface area contributed by atoms with Gasteiger partial charge in [-0.05, 0) is 30.9 Å². The molecule has 0 amide bonds. The lowest BCUT2D eigenvalue weighted by Gasteiger charge is -2.11. The molecule has 1 aliphatic rings. The summed E-state index contributed by atoms with van der Waals surface area (Å²) in [7, 11) is 0. The van der Waals surface area contributed by atoms with E-state index in [-0.39, 0.29) is 0 Å². The molecule has 1 N–H and O–H groups in total. The Morgan fingerprint density at radius 1 is 1.28 bits per heavy atom. The predicted octanol–water partition coefficient (Wildman–Crippen LogP) is 3.72. The van der Waals surface area contributed by atoms with E-state index in [1.165, 1.54) is 38.5 Å². The van der Waals surface area contributed by atoms with Gasteiger partial charge in [0.05, 0.1) is 0 Å². The van der Waals surface area contributed by atoms with Crippen molar-refractivity contribution in [1.82, 2.24) is 9.38 Å². The fraction of sp³-hybridized carbons (Fsp3) is 0.533. The fourth-order valence-electron chi connectivity index (χ4n) is 3.00. The molecule has 3 nitrogen and oxygen atoms in total. The molecule has 0 spiro atoms. The molecule has 0 saturated heterocycles. The van der Waals surface area contributed by atoms with Gasteiger partial charge < -0.3 is 5.32 Å². The number of hydrogen-bond donors (Lipinski definition) is 1. The van der Waals surface area contributed by atoms with E-state index in [2.05, 4.69) is 26.8 Å². The first kappa shape index (κ1) is 11.6. The smallest absolute Gasteiger partial charge is 0.138 e. The lowest BCUT2D eigenvalue weighted by atomic mass is 10.0. The molecule has 0 atom stereocenters. The maximum atomic E-state index is 4.29. The molecule has 0 aromatic carbocycles. The Labute approximate surface area is 108 Å². The molecule has 0 unspecified atom stereocenters. The van der Waals surface area contributed by atoms with E-state index in [4.69, 9.17) is 0 Å². The van der Waals surface area contributed by atoms with Crippen molar-refractivity contribution in [1.29, 1.82) is 0 Å². The number of imidazole rings is 1. The van der Waals surface area contributed by atoms with Crippen molar-refractivity contribution in [2.45, 2.75) is 38.5 Å². The van der Waals surface area contributed by atoms with Crippen molar-refractivity contribution >= 4 is 11.5 Å². The topological polar surface area (TPSA) is 29.3 Å². The highest BCUT2D eigenvalue weighted by Crippen LogP contribution is 2.28. The number of fused-ring (bicyclic) bond motifs is 1. The molecule has 3 heteroatoms. The lowest BCUT2D eigenvalue weighted by Crippen LogP contribution is -2.07. The highest BCUT2D eigenvalue weighted by atomic mass is 15.1. The number of anilines is 1. The molecule has 2 aromatic rings. The molecule has 0 radical (unpaired) electrons. The first-order valence-corrected chi connectivity index (χ1v) is 7.09. The van der Waals surface area contributed by atoms with Crippen molar-refractivity contribution in [3.8, 4) is 0 Å². The molecule has 0 bridgehead atoms. The highest BCUT2D eigenvalue weighted by molar-refractivity contribution is 5.49. The van der Waals surface area contributed by atoms with Crippen molar-refractivity contribution in [3.63, 3.8) is 0 Å². The van der Waals surface area contributed by atoms with Gasteiger partial charge in [0.15, 0.2) is 0 Å². The third-order valence-electron chi connectivity index (χ3n) is 4.00. The first-order chi connectivity index (χ1) is 8.93. The molecule has 2 heterocycles. The number of nitrogens with zero attached hydrogens (tertiary/aromatic N) is 2. The minimum atomic E-state index is 0.996. The van der Waals surface area contributed by atoms with Crippen molar-refractivity contribution in [2.24, 2.45) is 5.92 Å². The maximum Gasteiger partial charge on any atom is 0.138 e. The van der Waals surface area contributed by atoms with Crippen LogP contribution in [0.25, 0.3) is 5.65 Å². The van der Waals surface area contributed by atoms with Gasteiger partial charge in [0.25, 0.3) is 0 Å². The van der Waals surface area contributed by atoms with Gasteiger partial charge in [0.2, 0.25) is 0 Å². The summed E-state index contributed by atoms with van der Waals surface area (Å²) < 4.78 is 2.11. The number of pyridine rings is 1. The van der Waals surface area contributed by atoms with Gasteiger partial charge in [-0.1, -0.05) is 31.7 Å². The SMILES string of the molecule is c1cc(NCCCC2CCCC2)n2ccnc2c1. The minimum Gasteiger partial charge on any atom is -0.371 e. The standard InChI is InChI=1S/C15H21N3/c1-2-6-13(5-1)7-4-10-16-14-8-3-9-15-17-11-12-18(14)15/h3,8-9,11-13,16H,1-2,4-7,10H2. The van der Waals surface area contributed by atoms with Crippen LogP contribution in [-0.2, 0) is 0 Å². The van der Waals surface area contributed by atoms with Crippen LogP contribution in [0, 0.1) is 5.92 Å². The first-order valence-electron chi connectivity index (χ1n) is 7.09. The Bertz CT molecular complexity index is 497. The number of rotatable bonds is 5. The summed E-state index contributed by atoms with van der Waals surface area (Å²) in [6, 6.07) is 6.20. The number of aromatic nitrogens is 2. The Kier molecular flexibility index (Phi) is 3.49. The zero-order valence-corrected chi connectivity index (χ0v) is 10.8. The molecular weight excluding hydrogens is 222 g/mol. The summed E-state index contributed by atoms with van der Waals surface area (Å²) in [4.78, 5) is 4.29. The Morgan fingerprint density at radius 2 is 2.17 bits per heavy atom. The van der Waals surface area contributed by atoms with Gasteiger partial charge in [-0.3, -0.25) is 4.40 Å². The van der Waals surface area contributed by atoms with E-state index in [0.29, 0.717) is 0 Å². The monoisotopic (exact) mass is 243 g/mol. The Morgan fingerprint density at radius 3 is 3.06 bits per heavy atom. The van der Waals surface area contributed by atoms with Crippen LogP contribution in [-0.4, -0.2) is 15.9 Å². The van der Waals surface area contributed by atoms with Crippen LogP contribution in [0.1, 0.15) is 38.5 Å². The van der Waals surface area contributed by atoms with E-state index in [1.807, 2.05) is 18.5 Å². The van der Waals surface area contributed by atoms with Gasteiger partial charge in [-0.2, -0.15) is 0 Å². The van der Waals surface area contributed by atoms with Crippen LogP contribution in [0.5, 0.6) is 0 Å². The van der Waals surface area contributed by atoms with Gasteiger partial charge >= 0.3 is 0 Å². The zero-order chi connectivity index (χ0) is 12.2. The van der Waals surface area contributed by atoms with Crippen LogP contribution in [0.15, 0.2) is 30.6 Å². The second kappa shape index (κ2) is 5.42. The van der Waals surface area contributed by atoms with Crippen LogP contribution in [0.4, 0.5) is 5.82 Å². The second-order valence-electron chi connectivity index (χ2n) is 5.29. The van der Waals surface area contributed by atoms with Gasteiger partial charge in [0.1, 0.15) is 11.5 Å². The molecule has 1 fully saturated rings. The molecule has 18 heavy (non-hydrogen) atoms. The fourth-order valence-corrected chi connectivity index (χ4v) is 3.00. The summed E-state index contributed by atoms with van der Waals surface area (Å²) in [5.41, 5.74) is 1.01. The van der Waals surface area contributed by atoms with E-state index in [0.717, 1.165) is 23.9 Å². The Balaban J connectivity index is 1.51. The molecule has 0 aliphatic heterocycles. The number of nitrogens with one attached hydrogen (secondary N) is 1. The third-order valence-corrected chi connectivity index (χ3v) is 4.00. The van der Waals surface area contributed by atoms with Crippen molar-refractivity contribution < 1.29 is 0 Å². The van der Waals surface area contributed by atoms with Gasteiger partial charge in [-0.25, -0.2) is 4.98 Å². The quantitative estimate of drug-likeness (QED) is 0.811. The lowest BCUT2D eigenvalue weighted by molar-refractivity contribution is 0.491. The van der Waals surface area contributed by atoms with E-state index in [9.17, 15) is 0 Å². The maximum absolute atomic E-state index is 4.29. The summed E-state index contributed by atoms with van der Waals surface area (Å²) in [5.74, 6) is 2.15.